The zero-order valence-electron chi connectivity index (χ0n) is 10.5. The van der Waals surface area contributed by atoms with Crippen LogP contribution in [0.25, 0.3) is 0 Å². The summed E-state index contributed by atoms with van der Waals surface area (Å²) in [6.45, 7) is 5.70. The molecule has 0 aromatic heterocycles. The molecule has 18 heavy (non-hydrogen) atoms. The van der Waals surface area contributed by atoms with Crippen LogP contribution in [0, 0.1) is 5.92 Å². The van der Waals surface area contributed by atoms with Crippen LogP contribution in [0.2, 0.25) is 10.0 Å². The van der Waals surface area contributed by atoms with Gasteiger partial charge in [-0.3, -0.25) is 9.69 Å². The van der Waals surface area contributed by atoms with E-state index >= 15 is 0 Å². The Balaban J connectivity index is 2.67. The van der Waals surface area contributed by atoms with Gasteiger partial charge in [-0.1, -0.05) is 43.1 Å². The van der Waals surface area contributed by atoms with Crippen LogP contribution in [-0.4, -0.2) is 29.1 Å². The number of hydrogen-bond acceptors (Lipinski definition) is 2. The summed E-state index contributed by atoms with van der Waals surface area (Å²) in [6, 6.07) is 5.48. The Hall–Kier alpha value is -0.770. The number of rotatable bonds is 6. The highest BCUT2D eigenvalue weighted by atomic mass is 35.5. The summed E-state index contributed by atoms with van der Waals surface area (Å²) in [6.07, 6.45) is 0. The van der Waals surface area contributed by atoms with Crippen molar-refractivity contribution in [2.75, 3.05) is 13.1 Å². The molecule has 0 fully saturated rings. The molecule has 3 nitrogen and oxygen atoms in total. The number of benzene rings is 1. The Morgan fingerprint density at radius 3 is 2.56 bits per heavy atom. The van der Waals surface area contributed by atoms with Gasteiger partial charge in [0.2, 0.25) is 0 Å². The maximum atomic E-state index is 10.8. The molecule has 0 heterocycles. The largest absolute Gasteiger partial charge is 0.481 e. The molecule has 1 aromatic rings. The predicted molar refractivity (Wildman–Crippen MR) is 74.2 cm³/mol. The lowest BCUT2D eigenvalue weighted by atomic mass is 10.1. The Bertz CT molecular complexity index is 423. The number of carbonyl (C=O) groups is 1. The van der Waals surface area contributed by atoms with Gasteiger partial charge < -0.3 is 5.11 Å². The maximum Gasteiger partial charge on any atom is 0.307 e. The van der Waals surface area contributed by atoms with Gasteiger partial charge in [0.05, 0.1) is 16.0 Å². The summed E-state index contributed by atoms with van der Waals surface area (Å²) in [7, 11) is 0. The molecule has 0 aliphatic carbocycles. The van der Waals surface area contributed by atoms with Crippen LogP contribution in [0.5, 0.6) is 0 Å². The molecule has 0 amide bonds. The van der Waals surface area contributed by atoms with Crippen molar-refractivity contribution in [2.24, 2.45) is 5.92 Å². The number of hydrogen-bond donors (Lipinski definition) is 1. The van der Waals surface area contributed by atoms with Crippen molar-refractivity contribution in [3.8, 4) is 0 Å². The monoisotopic (exact) mass is 289 g/mol. The molecule has 0 spiro atoms. The maximum absolute atomic E-state index is 10.8. The second kappa shape index (κ2) is 6.98. The minimum Gasteiger partial charge on any atom is -0.481 e. The fraction of sp³-hybridized carbons (Fsp3) is 0.462. The predicted octanol–water partition coefficient (Wildman–Crippen LogP) is 3.54. The van der Waals surface area contributed by atoms with Gasteiger partial charge in [-0.15, -0.1) is 0 Å². The SMILES string of the molecule is CCN(Cc1ccc(Cl)c(Cl)c1)CC(C)C(=O)O. The number of nitrogens with zero attached hydrogens (tertiary/aromatic N) is 1. The Labute approximate surface area is 117 Å². The van der Waals surface area contributed by atoms with Gasteiger partial charge in [-0.05, 0) is 24.2 Å². The first-order valence-corrected chi connectivity index (χ1v) is 6.58. The average molecular weight is 290 g/mol. The van der Waals surface area contributed by atoms with Crippen LogP contribution in [0.3, 0.4) is 0 Å². The summed E-state index contributed by atoms with van der Waals surface area (Å²) in [5, 5.41) is 9.96. The molecular weight excluding hydrogens is 273 g/mol. The third kappa shape index (κ3) is 4.48. The Kier molecular flexibility index (Phi) is 5.93. The van der Waals surface area contributed by atoms with Crippen molar-refractivity contribution < 1.29 is 9.90 Å². The van der Waals surface area contributed by atoms with E-state index in [1.807, 2.05) is 19.1 Å². The first-order chi connectivity index (χ1) is 8.43. The Morgan fingerprint density at radius 2 is 2.06 bits per heavy atom. The topological polar surface area (TPSA) is 40.5 Å². The molecule has 100 valence electrons. The molecule has 1 rings (SSSR count). The molecule has 1 N–H and O–H groups in total. The van der Waals surface area contributed by atoms with E-state index in [-0.39, 0.29) is 5.92 Å². The van der Waals surface area contributed by atoms with E-state index in [1.54, 1.807) is 13.0 Å². The molecule has 0 saturated carbocycles. The zero-order valence-corrected chi connectivity index (χ0v) is 12.0. The lowest BCUT2D eigenvalue weighted by molar-refractivity contribution is -0.141. The van der Waals surface area contributed by atoms with Crippen LogP contribution in [0.4, 0.5) is 0 Å². The minimum absolute atomic E-state index is 0.382. The molecule has 0 saturated heterocycles. The highest BCUT2D eigenvalue weighted by Crippen LogP contribution is 2.23. The van der Waals surface area contributed by atoms with Crippen LogP contribution in [-0.2, 0) is 11.3 Å². The van der Waals surface area contributed by atoms with E-state index in [1.165, 1.54) is 0 Å². The average Bonchev–Trinajstić information content (AvgIpc) is 2.32. The van der Waals surface area contributed by atoms with Gasteiger partial charge in [-0.2, -0.15) is 0 Å². The molecule has 1 aromatic carbocycles. The summed E-state index contributed by atoms with van der Waals surface area (Å²) in [5.41, 5.74) is 1.03. The van der Waals surface area contributed by atoms with Crippen molar-refractivity contribution in [1.29, 1.82) is 0 Å². The first kappa shape index (κ1) is 15.3. The summed E-state index contributed by atoms with van der Waals surface area (Å²) >= 11 is 11.8. The van der Waals surface area contributed by atoms with E-state index in [0.29, 0.717) is 23.1 Å². The van der Waals surface area contributed by atoms with Crippen molar-refractivity contribution >= 4 is 29.2 Å². The van der Waals surface area contributed by atoms with E-state index in [0.717, 1.165) is 12.1 Å². The number of halogens is 2. The van der Waals surface area contributed by atoms with Crippen molar-refractivity contribution in [1.82, 2.24) is 4.90 Å². The molecule has 1 atom stereocenters. The molecule has 0 aliphatic heterocycles. The fourth-order valence-corrected chi connectivity index (χ4v) is 1.99. The van der Waals surface area contributed by atoms with Crippen LogP contribution >= 0.6 is 23.2 Å². The number of aliphatic carboxylic acids is 1. The van der Waals surface area contributed by atoms with E-state index in [4.69, 9.17) is 28.3 Å². The fourth-order valence-electron chi connectivity index (χ4n) is 1.67. The van der Waals surface area contributed by atoms with E-state index in [9.17, 15) is 4.79 Å². The normalized spacial score (nSPS) is 12.7. The molecule has 5 heteroatoms. The van der Waals surface area contributed by atoms with Gasteiger partial charge in [0.25, 0.3) is 0 Å². The minimum atomic E-state index is -0.775. The first-order valence-electron chi connectivity index (χ1n) is 5.83. The number of carboxylic acids is 1. The summed E-state index contributed by atoms with van der Waals surface area (Å²) in [4.78, 5) is 12.9. The van der Waals surface area contributed by atoms with Crippen molar-refractivity contribution in [3.05, 3.63) is 33.8 Å². The van der Waals surface area contributed by atoms with Gasteiger partial charge in [0.15, 0.2) is 0 Å². The third-order valence-corrected chi connectivity index (χ3v) is 3.53. The lowest BCUT2D eigenvalue weighted by Crippen LogP contribution is -2.31. The van der Waals surface area contributed by atoms with Gasteiger partial charge in [0.1, 0.15) is 0 Å². The van der Waals surface area contributed by atoms with Gasteiger partial charge in [0, 0.05) is 13.1 Å². The Morgan fingerprint density at radius 1 is 1.39 bits per heavy atom. The number of carboxylic acid groups (broad SMARTS) is 1. The quantitative estimate of drug-likeness (QED) is 0.871. The molecule has 0 bridgehead atoms. The van der Waals surface area contributed by atoms with Crippen molar-refractivity contribution in [2.45, 2.75) is 20.4 Å². The summed E-state index contributed by atoms with van der Waals surface area (Å²) < 4.78 is 0. The highest BCUT2D eigenvalue weighted by molar-refractivity contribution is 6.42. The molecular formula is C13H17Cl2NO2. The van der Waals surface area contributed by atoms with Crippen LogP contribution in [0.15, 0.2) is 18.2 Å². The lowest BCUT2D eigenvalue weighted by Gasteiger charge is -2.22. The van der Waals surface area contributed by atoms with Gasteiger partial charge in [-0.25, -0.2) is 0 Å². The van der Waals surface area contributed by atoms with Crippen LogP contribution in [0.1, 0.15) is 19.4 Å². The van der Waals surface area contributed by atoms with Crippen LogP contribution < -0.4 is 0 Å². The van der Waals surface area contributed by atoms with E-state index < -0.39 is 5.97 Å². The highest BCUT2D eigenvalue weighted by Gasteiger charge is 2.15. The second-order valence-electron chi connectivity index (χ2n) is 4.32. The smallest absolute Gasteiger partial charge is 0.307 e. The molecule has 0 radical (unpaired) electrons. The molecule has 1 unspecified atom stereocenters. The van der Waals surface area contributed by atoms with Crippen molar-refractivity contribution in [3.63, 3.8) is 0 Å². The third-order valence-electron chi connectivity index (χ3n) is 2.79. The molecule has 0 aliphatic rings. The van der Waals surface area contributed by atoms with Gasteiger partial charge >= 0.3 is 5.97 Å². The standard InChI is InChI=1S/C13H17Cl2NO2/c1-3-16(7-9(2)13(17)18)8-10-4-5-11(14)12(15)6-10/h4-6,9H,3,7-8H2,1-2H3,(H,17,18). The summed E-state index contributed by atoms with van der Waals surface area (Å²) in [5.74, 6) is -1.16. The second-order valence-corrected chi connectivity index (χ2v) is 5.13. The zero-order chi connectivity index (χ0) is 13.7. The van der Waals surface area contributed by atoms with E-state index in [2.05, 4.69) is 4.90 Å².